The summed E-state index contributed by atoms with van der Waals surface area (Å²) in [5.41, 5.74) is 4.88. The van der Waals surface area contributed by atoms with E-state index in [4.69, 9.17) is 21.7 Å². The molecule has 37 heavy (non-hydrogen) atoms. The summed E-state index contributed by atoms with van der Waals surface area (Å²) in [5.74, 6) is 0.631. The summed E-state index contributed by atoms with van der Waals surface area (Å²) in [6, 6.07) is 15.6. The van der Waals surface area contributed by atoms with Crippen molar-refractivity contribution in [3.63, 3.8) is 0 Å². The predicted molar refractivity (Wildman–Crippen MR) is 138 cm³/mol. The molecule has 0 spiro atoms. The molecule has 0 fully saturated rings. The molecule has 0 saturated heterocycles. The lowest BCUT2D eigenvalue weighted by Crippen LogP contribution is -2.20. The summed E-state index contributed by atoms with van der Waals surface area (Å²) in [6.45, 7) is 2.26. The first-order valence-corrected chi connectivity index (χ1v) is 11.7. The van der Waals surface area contributed by atoms with Gasteiger partial charge in [-0.1, -0.05) is 30.7 Å². The standard InChI is InChI=1S/C25H21ClN8O3/c1-2-20-24(15-3-6-18(7-4-15)28-25(36)37)30-22(29-20)13-33-10-9-16(11-23(33)35)19-12-17(26)5-8-21(19)34-14-27-31-32-34/h3-12,14,28H,2,13H2,1H3,(H,29,30)(H,36,37). The molecule has 3 N–H and O–H groups in total. The highest BCUT2D eigenvalue weighted by Crippen LogP contribution is 2.29. The van der Waals surface area contributed by atoms with Crippen LogP contribution in [0.4, 0.5) is 10.5 Å². The second kappa shape index (κ2) is 10.1. The van der Waals surface area contributed by atoms with E-state index in [1.165, 1.54) is 17.1 Å². The topological polar surface area (TPSA) is 144 Å². The lowest BCUT2D eigenvalue weighted by molar-refractivity contribution is 0.209. The van der Waals surface area contributed by atoms with Crippen molar-refractivity contribution in [1.29, 1.82) is 0 Å². The summed E-state index contributed by atoms with van der Waals surface area (Å²) in [7, 11) is 0. The Kier molecular flexibility index (Phi) is 6.52. The average Bonchev–Trinajstić information content (AvgIpc) is 3.56. The van der Waals surface area contributed by atoms with Crippen molar-refractivity contribution in [1.82, 2.24) is 34.7 Å². The third-order valence-electron chi connectivity index (χ3n) is 5.77. The number of carboxylic acid groups (broad SMARTS) is 1. The number of nitrogens with one attached hydrogen (secondary N) is 2. The largest absolute Gasteiger partial charge is 0.465 e. The van der Waals surface area contributed by atoms with E-state index in [9.17, 15) is 9.59 Å². The number of amides is 1. The van der Waals surface area contributed by atoms with Gasteiger partial charge >= 0.3 is 6.09 Å². The normalized spacial score (nSPS) is 11.0. The van der Waals surface area contributed by atoms with E-state index in [1.807, 2.05) is 13.0 Å². The van der Waals surface area contributed by atoms with Crippen molar-refractivity contribution in [2.75, 3.05) is 5.32 Å². The van der Waals surface area contributed by atoms with Crippen LogP contribution in [0, 0.1) is 0 Å². The van der Waals surface area contributed by atoms with Crippen LogP contribution in [0.2, 0.25) is 5.02 Å². The number of hydrogen-bond acceptors (Lipinski definition) is 6. The van der Waals surface area contributed by atoms with Crippen molar-refractivity contribution in [3.8, 4) is 28.1 Å². The molecule has 0 radical (unpaired) electrons. The Labute approximate surface area is 215 Å². The van der Waals surface area contributed by atoms with Crippen LogP contribution in [0.5, 0.6) is 0 Å². The summed E-state index contributed by atoms with van der Waals surface area (Å²) >= 11 is 6.23. The maximum absolute atomic E-state index is 13.0. The van der Waals surface area contributed by atoms with Crippen molar-refractivity contribution in [3.05, 3.63) is 94.0 Å². The number of anilines is 1. The van der Waals surface area contributed by atoms with Crippen LogP contribution in [0.15, 0.2) is 71.9 Å². The molecule has 5 aromatic rings. The monoisotopic (exact) mass is 516 g/mol. The van der Waals surface area contributed by atoms with E-state index in [0.29, 0.717) is 34.2 Å². The Morgan fingerprint density at radius 3 is 2.59 bits per heavy atom. The first kappa shape index (κ1) is 23.9. The molecule has 0 aliphatic heterocycles. The highest BCUT2D eigenvalue weighted by Gasteiger charge is 2.14. The van der Waals surface area contributed by atoms with Crippen LogP contribution in [0.1, 0.15) is 18.4 Å². The van der Waals surface area contributed by atoms with Crippen molar-refractivity contribution >= 4 is 23.4 Å². The molecule has 0 bridgehead atoms. The number of pyridine rings is 1. The summed E-state index contributed by atoms with van der Waals surface area (Å²) < 4.78 is 3.07. The fourth-order valence-corrected chi connectivity index (χ4v) is 4.22. The van der Waals surface area contributed by atoms with Gasteiger partial charge in [-0.2, -0.15) is 4.68 Å². The number of halogens is 1. The number of H-pyrrole nitrogens is 1. The molecule has 186 valence electrons. The molecule has 3 aromatic heterocycles. The number of benzene rings is 2. The first-order chi connectivity index (χ1) is 17.9. The van der Waals surface area contributed by atoms with Crippen LogP contribution in [-0.4, -0.2) is 45.9 Å². The fraction of sp³-hybridized carbons (Fsp3) is 0.120. The number of rotatable bonds is 7. The van der Waals surface area contributed by atoms with Crippen molar-refractivity contribution in [2.24, 2.45) is 0 Å². The number of aryl methyl sites for hydroxylation is 1. The quantitative estimate of drug-likeness (QED) is 0.293. The number of nitrogens with zero attached hydrogens (tertiary/aromatic N) is 6. The third kappa shape index (κ3) is 5.11. The summed E-state index contributed by atoms with van der Waals surface area (Å²) in [4.78, 5) is 31.9. The van der Waals surface area contributed by atoms with Gasteiger partial charge in [0.2, 0.25) is 0 Å². The summed E-state index contributed by atoms with van der Waals surface area (Å²) in [6.07, 6.45) is 2.77. The smallest absolute Gasteiger partial charge is 0.409 e. The van der Waals surface area contributed by atoms with Gasteiger partial charge in [-0.15, -0.1) is 5.10 Å². The highest BCUT2D eigenvalue weighted by molar-refractivity contribution is 6.31. The van der Waals surface area contributed by atoms with Crippen LogP contribution in [0.3, 0.4) is 0 Å². The van der Waals surface area contributed by atoms with E-state index in [2.05, 4.69) is 25.8 Å². The Morgan fingerprint density at radius 1 is 1.11 bits per heavy atom. The van der Waals surface area contributed by atoms with Gasteiger partial charge in [0, 0.05) is 39.8 Å². The minimum absolute atomic E-state index is 0.208. The van der Waals surface area contributed by atoms with Crippen LogP contribution in [0.25, 0.3) is 28.1 Å². The second-order valence-corrected chi connectivity index (χ2v) is 8.61. The molecular weight excluding hydrogens is 496 g/mol. The number of carbonyl (C=O) groups is 1. The molecule has 3 heterocycles. The predicted octanol–water partition coefficient (Wildman–Crippen LogP) is 4.24. The van der Waals surface area contributed by atoms with Gasteiger partial charge in [-0.3, -0.25) is 10.1 Å². The van der Waals surface area contributed by atoms with E-state index in [0.717, 1.165) is 22.5 Å². The molecule has 12 heteroatoms. The molecule has 2 aromatic carbocycles. The lowest BCUT2D eigenvalue weighted by Gasteiger charge is -2.11. The maximum atomic E-state index is 13.0. The van der Waals surface area contributed by atoms with E-state index >= 15 is 0 Å². The lowest BCUT2D eigenvalue weighted by atomic mass is 10.0. The van der Waals surface area contributed by atoms with E-state index in [1.54, 1.807) is 53.2 Å². The van der Waals surface area contributed by atoms with Crippen LogP contribution in [-0.2, 0) is 13.0 Å². The molecule has 0 unspecified atom stereocenters. The van der Waals surface area contributed by atoms with Gasteiger partial charge in [0.15, 0.2) is 0 Å². The molecular formula is C25H21ClN8O3. The minimum atomic E-state index is -1.12. The zero-order valence-electron chi connectivity index (χ0n) is 19.6. The van der Waals surface area contributed by atoms with E-state index < -0.39 is 6.09 Å². The van der Waals surface area contributed by atoms with Gasteiger partial charge in [0.1, 0.15) is 12.2 Å². The molecule has 5 rings (SSSR count). The molecule has 0 aliphatic rings. The number of aromatic amines is 1. The van der Waals surface area contributed by atoms with Gasteiger partial charge in [-0.25, -0.2) is 9.78 Å². The summed E-state index contributed by atoms with van der Waals surface area (Å²) in [5, 5.41) is 23.0. The SMILES string of the molecule is CCc1[nH]c(Cn2ccc(-c3cc(Cl)ccc3-n3cnnn3)cc2=O)nc1-c1ccc(NC(=O)O)cc1. The van der Waals surface area contributed by atoms with E-state index in [-0.39, 0.29) is 12.1 Å². The Hall–Kier alpha value is -4.77. The number of hydrogen-bond donors (Lipinski definition) is 3. The zero-order chi connectivity index (χ0) is 25.9. The van der Waals surface area contributed by atoms with Gasteiger partial charge in [0.05, 0.1) is 17.9 Å². The molecule has 0 atom stereocenters. The Morgan fingerprint density at radius 2 is 1.92 bits per heavy atom. The number of tetrazole rings is 1. The fourth-order valence-electron chi connectivity index (χ4n) is 4.05. The third-order valence-corrected chi connectivity index (χ3v) is 6.01. The van der Waals surface area contributed by atoms with Crippen LogP contribution >= 0.6 is 11.6 Å². The van der Waals surface area contributed by atoms with Crippen molar-refractivity contribution in [2.45, 2.75) is 19.9 Å². The second-order valence-electron chi connectivity index (χ2n) is 8.17. The van der Waals surface area contributed by atoms with Gasteiger partial charge < -0.3 is 14.7 Å². The average molecular weight is 517 g/mol. The van der Waals surface area contributed by atoms with Crippen molar-refractivity contribution < 1.29 is 9.90 Å². The maximum Gasteiger partial charge on any atom is 0.409 e. The number of imidazole rings is 1. The molecule has 1 amide bonds. The molecule has 11 nitrogen and oxygen atoms in total. The van der Waals surface area contributed by atoms with Gasteiger partial charge in [0.25, 0.3) is 5.56 Å². The number of aromatic nitrogens is 7. The zero-order valence-corrected chi connectivity index (χ0v) is 20.3. The Bertz CT molecular complexity index is 1620. The molecule has 0 saturated carbocycles. The van der Waals surface area contributed by atoms with Gasteiger partial charge in [-0.05, 0) is 58.8 Å². The highest BCUT2D eigenvalue weighted by atomic mass is 35.5. The minimum Gasteiger partial charge on any atom is -0.465 e. The Balaban J connectivity index is 1.43. The first-order valence-electron chi connectivity index (χ1n) is 11.3. The van der Waals surface area contributed by atoms with Crippen LogP contribution < -0.4 is 10.9 Å². The molecule has 0 aliphatic carbocycles.